The first kappa shape index (κ1) is 12.0. The van der Waals surface area contributed by atoms with Crippen LogP contribution in [0.5, 0.6) is 0 Å². The lowest BCUT2D eigenvalue weighted by atomic mass is 10.0. The lowest BCUT2D eigenvalue weighted by molar-refractivity contribution is 0.0567. The fourth-order valence-electron chi connectivity index (χ4n) is 2.56. The number of hydrogen-bond acceptors (Lipinski definition) is 4. The van der Waals surface area contributed by atoms with E-state index in [-0.39, 0.29) is 11.9 Å². The first-order valence-corrected chi connectivity index (χ1v) is 6.47. The van der Waals surface area contributed by atoms with Crippen LogP contribution in [-0.4, -0.2) is 32.5 Å². The third-order valence-electron chi connectivity index (χ3n) is 3.57. The SMILES string of the molecule is Cc1ccoc1C(=O)N1CCCC[C@@H]1c1ncn[nH]1. The van der Waals surface area contributed by atoms with Gasteiger partial charge >= 0.3 is 0 Å². The predicted octanol–water partition coefficient (Wildman–Crippen LogP) is 2.07. The molecule has 0 spiro atoms. The van der Waals surface area contributed by atoms with Crippen LogP contribution in [0.2, 0.25) is 0 Å². The van der Waals surface area contributed by atoms with Crippen molar-refractivity contribution in [2.45, 2.75) is 32.2 Å². The van der Waals surface area contributed by atoms with E-state index in [9.17, 15) is 4.79 Å². The average Bonchev–Trinajstić information content (AvgIpc) is 3.09. The standard InChI is InChI=1S/C13H16N4O2/c1-9-5-7-19-11(9)13(18)17-6-3-2-4-10(17)12-14-8-15-16-12/h5,7-8,10H,2-4,6H2,1H3,(H,14,15,16)/t10-/m1/s1. The molecular formula is C13H16N4O2. The minimum atomic E-state index is -0.0661. The summed E-state index contributed by atoms with van der Waals surface area (Å²) in [6.07, 6.45) is 6.03. The quantitative estimate of drug-likeness (QED) is 0.897. The molecule has 1 aliphatic rings. The zero-order chi connectivity index (χ0) is 13.2. The van der Waals surface area contributed by atoms with E-state index < -0.39 is 0 Å². The number of H-pyrrole nitrogens is 1. The van der Waals surface area contributed by atoms with Crippen molar-refractivity contribution in [1.82, 2.24) is 20.1 Å². The number of aromatic nitrogens is 3. The van der Waals surface area contributed by atoms with Gasteiger partial charge in [-0.15, -0.1) is 0 Å². The Kier molecular flexibility index (Phi) is 3.06. The number of piperidine rings is 1. The molecule has 0 unspecified atom stereocenters. The molecule has 3 heterocycles. The molecule has 2 aromatic rings. The molecule has 0 bridgehead atoms. The van der Waals surface area contributed by atoms with E-state index in [2.05, 4.69) is 15.2 Å². The molecule has 19 heavy (non-hydrogen) atoms. The maximum atomic E-state index is 12.6. The molecule has 1 N–H and O–H groups in total. The second kappa shape index (κ2) is 4.87. The summed E-state index contributed by atoms with van der Waals surface area (Å²) in [5, 5.41) is 6.74. The number of aromatic amines is 1. The Balaban J connectivity index is 1.89. The van der Waals surface area contributed by atoms with Crippen LogP contribution < -0.4 is 0 Å². The topological polar surface area (TPSA) is 75.0 Å². The van der Waals surface area contributed by atoms with E-state index in [1.807, 2.05) is 11.8 Å². The maximum Gasteiger partial charge on any atom is 0.290 e. The fourth-order valence-corrected chi connectivity index (χ4v) is 2.56. The fraction of sp³-hybridized carbons (Fsp3) is 0.462. The molecule has 1 atom stereocenters. The highest BCUT2D eigenvalue weighted by Gasteiger charge is 2.32. The van der Waals surface area contributed by atoms with Crippen LogP contribution in [0, 0.1) is 6.92 Å². The van der Waals surface area contributed by atoms with Crippen LogP contribution >= 0.6 is 0 Å². The van der Waals surface area contributed by atoms with Gasteiger partial charge in [-0.3, -0.25) is 9.89 Å². The molecule has 1 amide bonds. The molecule has 100 valence electrons. The van der Waals surface area contributed by atoms with E-state index in [0.717, 1.165) is 37.2 Å². The van der Waals surface area contributed by atoms with Gasteiger partial charge in [0.25, 0.3) is 5.91 Å². The number of rotatable bonds is 2. The molecule has 6 nitrogen and oxygen atoms in total. The lowest BCUT2D eigenvalue weighted by Gasteiger charge is -2.33. The molecule has 3 rings (SSSR count). The number of carbonyl (C=O) groups excluding carboxylic acids is 1. The number of aryl methyl sites for hydroxylation is 1. The number of carbonyl (C=O) groups is 1. The number of nitrogens with one attached hydrogen (secondary N) is 1. The summed E-state index contributed by atoms with van der Waals surface area (Å²) in [5.74, 6) is 1.10. The van der Waals surface area contributed by atoms with E-state index in [1.54, 1.807) is 12.3 Å². The molecule has 1 aliphatic heterocycles. The molecule has 0 aliphatic carbocycles. The van der Waals surface area contributed by atoms with Gasteiger partial charge in [0.2, 0.25) is 0 Å². The van der Waals surface area contributed by atoms with E-state index in [4.69, 9.17) is 4.42 Å². The number of hydrogen-bond donors (Lipinski definition) is 1. The van der Waals surface area contributed by atoms with Gasteiger partial charge < -0.3 is 9.32 Å². The van der Waals surface area contributed by atoms with E-state index in [1.165, 1.54) is 6.33 Å². The van der Waals surface area contributed by atoms with Gasteiger partial charge in [0, 0.05) is 12.1 Å². The molecule has 0 saturated carbocycles. The molecule has 0 aromatic carbocycles. The zero-order valence-electron chi connectivity index (χ0n) is 10.8. The molecular weight excluding hydrogens is 244 g/mol. The van der Waals surface area contributed by atoms with Crippen molar-refractivity contribution < 1.29 is 9.21 Å². The first-order chi connectivity index (χ1) is 9.27. The van der Waals surface area contributed by atoms with Gasteiger partial charge in [-0.2, -0.15) is 5.10 Å². The van der Waals surface area contributed by atoms with Crippen molar-refractivity contribution in [2.75, 3.05) is 6.54 Å². The van der Waals surface area contributed by atoms with Crippen LogP contribution in [0.15, 0.2) is 23.1 Å². The number of furan rings is 1. The average molecular weight is 260 g/mol. The number of likely N-dealkylation sites (tertiary alicyclic amines) is 1. The maximum absolute atomic E-state index is 12.6. The molecule has 2 aromatic heterocycles. The van der Waals surface area contributed by atoms with Crippen LogP contribution in [-0.2, 0) is 0 Å². The summed E-state index contributed by atoms with van der Waals surface area (Å²) in [7, 11) is 0. The normalized spacial score (nSPS) is 19.6. The second-order valence-electron chi connectivity index (χ2n) is 4.81. The van der Waals surface area contributed by atoms with Crippen molar-refractivity contribution >= 4 is 5.91 Å². The lowest BCUT2D eigenvalue weighted by Crippen LogP contribution is -2.39. The van der Waals surface area contributed by atoms with E-state index >= 15 is 0 Å². The Morgan fingerprint density at radius 3 is 3.11 bits per heavy atom. The summed E-state index contributed by atoms with van der Waals surface area (Å²) in [6, 6.07) is 1.77. The van der Waals surface area contributed by atoms with Crippen LogP contribution in [0.25, 0.3) is 0 Å². The summed E-state index contributed by atoms with van der Waals surface area (Å²) < 4.78 is 5.31. The highest BCUT2D eigenvalue weighted by atomic mass is 16.3. The Hall–Kier alpha value is -2.11. The van der Waals surface area contributed by atoms with Gasteiger partial charge in [0.15, 0.2) is 5.76 Å². The largest absolute Gasteiger partial charge is 0.459 e. The first-order valence-electron chi connectivity index (χ1n) is 6.47. The minimum absolute atomic E-state index is 0.0340. The van der Waals surface area contributed by atoms with Gasteiger partial charge in [-0.05, 0) is 32.3 Å². The Labute approximate surface area is 110 Å². The van der Waals surface area contributed by atoms with Crippen molar-refractivity contribution in [3.8, 4) is 0 Å². The van der Waals surface area contributed by atoms with Gasteiger partial charge in [-0.25, -0.2) is 4.98 Å². The van der Waals surface area contributed by atoms with Gasteiger partial charge in [0.05, 0.1) is 12.3 Å². The monoisotopic (exact) mass is 260 g/mol. The molecule has 1 fully saturated rings. The Bertz CT molecular complexity index is 561. The van der Waals surface area contributed by atoms with Gasteiger partial charge in [-0.1, -0.05) is 0 Å². The predicted molar refractivity (Wildman–Crippen MR) is 67.5 cm³/mol. The summed E-state index contributed by atoms with van der Waals surface area (Å²) in [4.78, 5) is 18.6. The van der Waals surface area contributed by atoms with Crippen molar-refractivity contribution in [1.29, 1.82) is 0 Å². The van der Waals surface area contributed by atoms with Crippen LogP contribution in [0.1, 0.15) is 47.2 Å². The summed E-state index contributed by atoms with van der Waals surface area (Å²) >= 11 is 0. The number of nitrogens with zero attached hydrogens (tertiary/aromatic N) is 3. The zero-order valence-corrected chi connectivity index (χ0v) is 10.8. The Morgan fingerprint density at radius 2 is 2.42 bits per heavy atom. The van der Waals surface area contributed by atoms with Crippen molar-refractivity contribution in [2.24, 2.45) is 0 Å². The second-order valence-corrected chi connectivity index (χ2v) is 4.81. The highest BCUT2D eigenvalue weighted by molar-refractivity contribution is 5.93. The molecule has 6 heteroatoms. The van der Waals surface area contributed by atoms with Crippen LogP contribution in [0.3, 0.4) is 0 Å². The molecule has 1 saturated heterocycles. The van der Waals surface area contributed by atoms with Crippen molar-refractivity contribution in [3.05, 3.63) is 35.8 Å². The van der Waals surface area contributed by atoms with E-state index in [0.29, 0.717) is 5.76 Å². The highest BCUT2D eigenvalue weighted by Crippen LogP contribution is 2.30. The third kappa shape index (κ3) is 2.14. The Morgan fingerprint density at radius 1 is 1.53 bits per heavy atom. The summed E-state index contributed by atoms with van der Waals surface area (Å²) in [5.41, 5.74) is 0.867. The number of amides is 1. The molecule has 0 radical (unpaired) electrons. The minimum Gasteiger partial charge on any atom is -0.459 e. The van der Waals surface area contributed by atoms with Gasteiger partial charge in [0.1, 0.15) is 12.2 Å². The van der Waals surface area contributed by atoms with Crippen LogP contribution in [0.4, 0.5) is 0 Å². The summed E-state index contributed by atoms with van der Waals surface area (Å²) in [6.45, 7) is 2.61. The third-order valence-corrected chi connectivity index (χ3v) is 3.57. The van der Waals surface area contributed by atoms with Crippen molar-refractivity contribution in [3.63, 3.8) is 0 Å². The smallest absolute Gasteiger partial charge is 0.290 e.